The van der Waals surface area contributed by atoms with Crippen LogP contribution in [0.15, 0.2) is 24.3 Å². The number of hydrogen-bond donors (Lipinski definition) is 2. The predicted molar refractivity (Wildman–Crippen MR) is 81.9 cm³/mol. The van der Waals surface area contributed by atoms with E-state index in [1.165, 1.54) is 0 Å². The van der Waals surface area contributed by atoms with Crippen LogP contribution in [0.3, 0.4) is 0 Å². The normalized spacial score (nSPS) is 13.6. The van der Waals surface area contributed by atoms with Crippen molar-refractivity contribution >= 4 is 5.91 Å². The van der Waals surface area contributed by atoms with Crippen LogP contribution in [0.2, 0.25) is 0 Å². The van der Waals surface area contributed by atoms with Gasteiger partial charge in [-0.15, -0.1) is 0 Å². The van der Waals surface area contributed by atoms with E-state index in [1.54, 1.807) is 6.92 Å². The molecule has 0 aliphatic rings. The average Bonchev–Trinajstić information content (AvgIpc) is 2.45. The standard InChI is InChI=1S/C16H26N2O2/c1-5-11-18-16(19)13(4)20-15-10-8-7-9-14(15)12(3)17-6-2/h7-10,12-13,17H,5-6,11H2,1-4H3,(H,18,19). The van der Waals surface area contributed by atoms with E-state index in [2.05, 4.69) is 24.5 Å². The van der Waals surface area contributed by atoms with Crippen LogP contribution in [-0.4, -0.2) is 25.1 Å². The summed E-state index contributed by atoms with van der Waals surface area (Å²) in [6.45, 7) is 9.54. The quantitative estimate of drug-likeness (QED) is 0.768. The van der Waals surface area contributed by atoms with E-state index in [0.717, 1.165) is 24.3 Å². The van der Waals surface area contributed by atoms with Gasteiger partial charge in [0.2, 0.25) is 0 Å². The zero-order valence-corrected chi connectivity index (χ0v) is 12.9. The molecule has 20 heavy (non-hydrogen) atoms. The molecule has 112 valence electrons. The summed E-state index contributed by atoms with van der Waals surface area (Å²) in [5, 5.41) is 6.21. The van der Waals surface area contributed by atoms with Crippen LogP contribution in [0.4, 0.5) is 0 Å². The molecular weight excluding hydrogens is 252 g/mol. The number of hydrogen-bond acceptors (Lipinski definition) is 3. The minimum Gasteiger partial charge on any atom is -0.481 e. The van der Waals surface area contributed by atoms with Gasteiger partial charge in [0, 0.05) is 18.2 Å². The van der Waals surface area contributed by atoms with E-state index >= 15 is 0 Å². The number of benzene rings is 1. The topological polar surface area (TPSA) is 50.4 Å². The Bertz CT molecular complexity index is 421. The maximum Gasteiger partial charge on any atom is 0.260 e. The van der Waals surface area contributed by atoms with Gasteiger partial charge in [-0.3, -0.25) is 4.79 Å². The lowest BCUT2D eigenvalue weighted by Gasteiger charge is -2.20. The van der Waals surface area contributed by atoms with Gasteiger partial charge in [-0.25, -0.2) is 0 Å². The molecule has 2 N–H and O–H groups in total. The highest BCUT2D eigenvalue weighted by Crippen LogP contribution is 2.25. The summed E-state index contributed by atoms with van der Waals surface area (Å²) < 4.78 is 5.82. The van der Waals surface area contributed by atoms with Crippen molar-refractivity contribution in [2.45, 2.75) is 46.3 Å². The molecule has 2 atom stereocenters. The molecule has 0 aromatic heterocycles. The zero-order chi connectivity index (χ0) is 15.0. The van der Waals surface area contributed by atoms with Crippen LogP contribution in [-0.2, 0) is 4.79 Å². The van der Waals surface area contributed by atoms with Crippen molar-refractivity contribution in [1.82, 2.24) is 10.6 Å². The van der Waals surface area contributed by atoms with Crippen LogP contribution < -0.4 is 15.4 Å². The number of rotatable bonds is 8. The van der Waals surface area contributed by atoms with Gasteiger partial charge < -0.3 is 15.4 Å². The van der Waals surface area contributed by atoms with Gasteiger partial charge >= 0.3 is 0 Å². The largest absolute Gasteiger partial charge is 0.481 e. The molecule has 2 unspecified atom stereocenters. The second-order valence-electron chi connectivity index (χ2n) is 4.87. The first-order chi connectivity index (χ1) is 9.60. The monoisotopic (exact) mass is 278 g/mol. The fourth-order valence-electron chi connectivity index (χ4n) is 2.00. The molecule has 0 heterocycles. The van der Waals surface area contributed by atoms with Crippen molar-refractivity contribution < 1.29 is 9.53 Å². The minimum atomic E-state index is -0.489. The summed E-state index contributed by atoms with van der Waals surface area (Å²) >= 11 is 0. The number of amides is 1. The average molecular weight is 278 g/mol. The third-order valence-corrected chi connectivity index (χ3v) is 3.12. The Balaban J connectivity index is 2.74. The van der Waals surface area contributed by atoms with Crippen LogP contribution in [0.5, 0.6) is 5.75 Å². The minimum absolute atomic E-state index is 0.0715. The molecule has 0 radical (unpaired) electrons. The second kappa shape index (κ2) is 8.59. The number of carbonyl (C=O) groups is 1. The van der Waals surface area contributed by atoms with Crippen molar-refractivity contribution in [3.8, 4) is 5.75 Å². The summed E-state index contributed by atoms with van der Waals surface area (Å²) in [5.74, 6) is 0.692. The lowest BCUT2D eigenvalue weighted by Crippen LogP contribution is -2.37. The Morgan fingerprint density at radius 2 is 1.95 bits per heavy atom. The smallest absolute Gasteiger partial charge is 0.260 e. The number of carbonyl (C=O) groups excluding carboxylic acids is 1. The highest BCUT2D eigenvalue weighted by Gasteiger charge is 2.17. The van der Waals surface area contributed by atoms with Crippen LogP contribution >= 0.6 is 0 Å². The zero-order valence-electron chi connectivity index (χ0n) is 12.9. The van der Waals surface area contributed by atoms with Gasteiger partial charge in [-0.05, 0) is 32.9 Å². The summed E-state index contributed by atoms with van der Waals surface area (Å²) in [6.07, 6.45) is 0.434. The number of ether oxygens (including phenoxy) is 1. The molecule has 0 spiro atoms. The summed E-state index contributed by atoms with van der Waals surface area (Å²) in [5.41, 5.74) is 1.07. The van der Waals surface area contributed by atoms with Crippen LogP contribution in [0, 0.1) is 0 Å². The van der Waals surface area contributed by atoms with E-state index in [0.29, 0.717) is 6.54 Å². The Kier molecular flexibility index (Phi) is 7.09. The van der Waals surface area contributed by atoms with E-state index < -0.39 is 6.10 Å². The van der Waals surface area contributed by atoms with Crippen LogP contribution in [0.25, 0.3) is 0 Å². The molecule has 1 rings (SSSR count). The van der Waals surface area contributed by atoms with Gasteiger partial charge in [0.15, 0.2) is 6.10 Å². The van der Waals surface area contributed by atoms with Crippen molar-refractivity contribution in [3.05, 3.63) is 29.8 Å². The highest BCUT2D eigenvalue weighted by atomic mass is 16.5. The molecule has 4 nitrogen and oxygen atoms in total. The second-order valence-corrected chi connectivity index (χ2v) is 4.87. The first-order valence-electron chi connectivity index (χ1n) is 7.36. The Morgan fingerprint density at radius 3 is 2.60 bits per heavy atom. The number of para-hydroxylation sites is 1. The SMILES string of the molecule is CCCNC(=O)C(C)Oc1ccccc1C(C)NCC. The van der Waals surface area contributed by atoms with Crippen molar-refractivity contribution in [1.29, 1.82) is 0 Å². The van der Waals surface area contributed by atoms with E-state index in [1.807, 2.05) is 31.2 Å². The molecule has 0 saturated carbocycles. The van der Waals surface area contributed by atoms with Gasteiger partial charge in [-0.1, -0.05) is 32.0 Å². The molecule has 0 fully saturated rings. The fourth-order valence-corrected chi connectivity index (χ4v) is 2.00. The Labute approximate surface area is 121 Å². The molecule has 0 saturated heterocycles. The molecule has 1 aromatic rings. The molecule has 1 aromatic carbocycles. The molecule has 4 heteroatoms. The lowest BCUT2D eigenvalue weighted by atomic mass is 10.1. The van der Waals surface area contributed by atoms with Gasteiger partial charge in [0.25, 0.3) is 5.91 Å². The Morgan fingerprint density at radius 1 is 1.25 bits per heavy atom. The predicted octanol–water partition coefficient (Wildman–Crippen LogP) is 2.65. The first-order valence-corrected chi connectivity index (χ1v) is 7.36. The van der Waals surface area contributed by atoms with Crippen LogP contribution in [0.1, 0.15) is 45.7 Å². The fraction of sp³-hybridized carbons (Fsp3) is 0.562. The maximum absolute atomic E-state index is 11.9. The Hall–Kier alpha value is -1.55. The van der Waals surface area contributed by atoms with E-state index in [9.17, 15) is 4.79 Å². The van der Waals surface area contributed by atoms with E-state index in [-0.39, 0.29) is 11.9 Å². The summed E-state index contributed by atoms with van der Waals surface area (Å²) in [6, 6.07) is 8.04. The third kappa shape index (κ3) is 4.85. The summed E-state index contributed by atoms with van der Waals surface area (Å²) in [7, 11) is 0. The third-order valence-electron chi connectivity index (χ3n) is 3.12. The molecule has 0 aliphatic heterocycles. The van der Waals surface area contributed by atoms with Gasteiger partial charge in [0.05, 0.1) is 0 Å². The van der Waals surface area contributed by atoms with Crippen molar-refractivity contribution in [2.24, 2.45) is 0 Å². The van der Waals surface area contributed by atoms with Crippen molar-refractivity contribution in [3.63, 3.8) is 0 Å². The summed E-state index contributed by atoms with van der Waals surface area (Å²) in [4.78, 5) is 11.9. The molecule has 0 bridgehead atoms. The van der Waals surface area contributed by atoms with Crippen molar-refractivity contribution in [2.75, 3.05) is 13.1 Å². The maximum atomic E-state index is 11.9. The number of nitrogens with one attached hydrogen (secondary N) is 2. The lowest BCUT2D eigenvalue weighted by molar-refractivity contribution is -0.127. The molecular formula is C16H26N2O2. The highest BCUT2D eigenvalue weighted by molar-refractivity contribution is 5.80. The first kappa shape index (κ1) is 16.5. The van der Waals surface area contributed by atoms with Gasteiger partial charge in [-0.2, -0.15) is 0 Å². The molecule has 1 amide bonds. The van der Waals surface area contributed by atoms with E-state index in [4.69, 9.17) is 4.74 Å². The van der Waals surface area contributed by atoms with Gasteiger partial charge in [0.1, 0.15) is 5.75 Å². The molecule has 0 aliphatic carbocycles.